The average molecular weight is 241 g/mol. The number of rotatable bonds is 1. The van der Waals surface area contributed by atoms with Crippen LogP contribution in [-0.2, 0) is 11.5 Å². The third-order valence-corrected chi connectivity index (χ3v) is 1.76. The quantitative estimate of drug-likeness (QED) is 0.705. The molecule has 2 nitrogen and oxygen atoms in total. The first-order valence-electron chi connectivity index (χ1n) is 2.97. The van der Waals surface area contributed by atoms with E-state index >= 15 is 0 Å². The SMILES string of the molecule is FC(F)(F)c1cncnc1CBr. The van der Waals surface area contributed by atoms with Crippen molar-refractivity contribution in [3.63, 3.8) is 0 Å². The molecule has 6 heteroatoms. The molecule has 1 heterocycles. The van der Waals surface area contributed by atoms with E-state index in [4.69, 9.17) is 0 Å². The fourth-order valence-electron chi connectivity index (χ4n) is 0.698. The van der Waals surface area contributed by atoms with Crippen LogP contribution in [0, 0.1) is 0 Å². The first-order chi connectivity index (χ1) is 5.55. The van der Waals surface area contributed by atoms with Crippen LogP contribution in [0.25, 0.3) is 0 Å². The van der Waals surface area contributed by atoms with Crippen LogP contribution in [0.4, 0.5) is 13.2 Å². The molecular formula is C6H4BrF3N2. The van der Waals surface area contributed by atoms with Gasteiger partial charge in [-0.25, -0.2) is 9.97 Å². The van der Waals surface area contributed by atoms with E-state index in [2.05, 4.69) is 25.9 Å². The molecule has 1 aromatic heterocycles. The van der Waals surface area contributed by atoms with Crippen LogP contribution in [0.1, 0.15) is 11.3 Å². The van der Waals surface area contributed by atoms with Crippen molar-refractivity contribution in [2.75, 3.05) is 0 Å². The van der Waals surface area contributed by atoms with E-state index in [0.717, 1.165) is 12.5 Å². The zero-order chi connectivity index (χ0) is 9.19. The van der Waals surface area contributed by atoms with Crippen molar-refractivity contribution in [3.05, 3.63) is 23.8 Å². The molecule has 0 spiro atoms. The smallest absolute Gasteiger partial charge is 0.244 e. The fraction of sp³-hybridized carbons (Fsp3) is 0.333. The second-order valence-corrected chi connectivity index (χ2v) is 2.58. The van der Waals surface area contributed by atoms with Crippen molar-refractivity contribution in [2.24, 2.45) is 0 Å². The summed E-state index contributed by atoms with van der Waals surface area (Å²) in [6.45, 7) is 0. The minimum absolute atomic E-state index is 0.0440. The molecule has 0 N–H and O–H groups in total. The molecule has 1 rings (SSSR count). The minimum Gasteiger partial charge on any atom is -0.244 e. The number of nitrogens with zero attached hydrogens (tertiary/aromatic N) is 2. The van der Waals surface area contributed by atoms with Crippen LogP contribution in [0.3, 0.4) is 0 Å². The van der Waals surface area contributed by atoms with E-state index in [0.29, 0.717) is 0 Å². The zero-order valence-electron chi connectivity index (χ0n) is 5.77. The molecule has 0 unspecified atom stereocenters. The maximum absolute atomic E-state index is 12.1. The molecule has 1 aromatic rings. The van der Waals surface area contributed by atoms with Crippen LogP contribution < -0.4 is 0 Å². The first-order valence-corrected chi connectivity index (χ1v) is 4.10. The van der Waals surface area contributed by atoms with Crippen LogP contribution >= 0.6 is 15.9 Å². The van der Waals surface area contributed by atoms with Crippen LogP contribution in [0.15, 0.2) is 12.5 Å². The van der Waals surface area contributed by atoms with Crippen LogP contribution in [0.2, 0.25) is 0 Å². The van der Waals surface area contributed by atoms with Gasteiger partial charge in [0.2, 0.25) is 0 Å². The predicted octanol–water partition coefficient (Wildman–Crippen LogP) is 2.39. The molecule has 0 radical (unpaired) electrons. The van der Waals surface area contributed by atoms with Gasteiger partial charge in [0.05, 0.1) is 11.3 Å². The number of halogens is 4. The highest BCUT2D eigenvalue weighted by atomic mass is 79.9. The van der Waals surface area contributed by atoms with Crippen molar-refractivity contribution < 1.29 is 13.2 Å². The summed E-state index contributed by atoms with van der Waals surface area (Å²) < 4.78 is 36.4. The summed E-state index contributed by atoms with van der Waals surface area (Å²) >= 11 is 2.91. The lowest BCUT2D eigenvalue weighted by Crippen LogP contribution is -2.10. The lowest BCUT2D eigenvalue weighted by atomic mass is 10.2. The predicted molar refractivity (Wildman–Crippen MR) is 39.7 cm³/mol. The largest absolute Gasteiger partial charge is 0.419 e. The number of aromatic nitrogens is 2. The third-order valence-electron chi connectivity index (χ3n) is 1.23. The van der Waals surface area contributed by atoms with Gasteiger partial charge in [-0.2, -0.15) is 13.2 Å². The van der Waals surface area contributed by atoms with Crippen molar-refractivity contribution in [3.8, 4) is 0 Å². The Labute approximate surface area is 75.0 Å². The first kappa shape index (κ1) is 9.44. The highest BCUT2D eigenvalue weighted by molar-refractivity contribution is 9.08. The maximum atomic E-state index is 12.1. The van der Waals surface area contributed by atoms with Gasteiger partial charge in [0.25, 0.3) is 0 Å². The monoisotopic (exact) mass is 240 g/mol. The number of hydrogen-bond donors (Lipinski definition) is 0. The summed E-state index contributed by atoms with van der Waals surface area (Å²) in [6, 6.07) is 0. The Morgan fingerprint density at radius 2 is 2.08 bits per heavy atom. The van der Waals surface area contributed by atoms with Crippen LogP contribution in [0.5, 0.6) is 0 Å². The van der Waals surface area contributed by atoms with E-state index in [1.165, 1.54) is 0 Å². The zero-order valence-corrected chi connectivity index (χ0v) is 7.35. The molecule has 0 amide bonds. The Morgan fingerprint density at radius 3 is 2.50 bits per heavy atom. The summed E-state index contributed by atoms with van der Waals surface area (Å²) in [6.07, 6.45) is -2.51. The molecule has 0 aliphatic rings. The van der Waals surface area contributed by atoms with E-state index in [9.17, 15) is 13.2 Å². The summed E-state index contributed by atoms with van der Waals surface area (Å²) in [4.78, 5) is 6.79. The number of hydrogen-bond acceptors (Lipinski definition) is 2. The molecule has 0 fully saturated rings. The summed E-state index contributed by atoms with van der Waals surface area (Å²) in [5.41, 5.74) is -0.834. The van der Waals surface area contributed by atoms with Crippen molar-refractivity contribution in [2.45, 2.75) is 11.5 Å². The van der Waals surface area contributed by atoms with Crippen molar-refractivity contribution in [1.82, 2.24) is 9.97 Å². The Balaban J connectivity index is 3.14. The standard InChI is InChI=1S/C6H4BrF3N2/c7-1-5-4(6(8,9)10)2-11-3-12-5/h2-3H,1H2. The molecule has 0 aromatic carbocycles. The van der Waals surface area contributed by atoms with E-state index < -0.39 is 11.7 Å². The molecule has 0 aliphatic carbocycles. The van der Waals surface area contributed by atoms with Gasteiger partial charge in [0.1, 0.15) is 6.33 Å². The van der Waals surface area contributed by atoms with Gasteiger partial charge < -0.3 is 0 Å². The summed E-state index contributed by atoms with van der Waals surface area (Å²) in [7, 11) is 0. The molecule has 0 atom stereocenters. The molecule has 0 saturated carbocycles. The van der Waals surface area contributed by atoms with Gasteiger partial charge in [-0.15, -0.1) is 0 Å². The Bertz CT molecular complexity index is 274. The Morgan fingerprint density at radius 1 is 1.42 bits per heavy atom. The Kier molecular flexibility index (Phi) is 2.66. The highest BCUT2D eigenvalue weighted by Gasteiger charge is 2.33. The maximum Gasteiger partial charge on any atom is 0.419 e. The van der Waals surface area contributed by atoms with Gasteiger partial charge in [0, 0.05) is 11.5 Å². The van der Waals surface area contributed by atoms with E-state index in [1.54, 1.807) is 0 Å². The van der Waals surface area contributed by atoms with Gasteiger partial charge in [-0.3, -0.25) is 0 Å². The Hall–Kier alpha value is -0.650. The summed E-state index contributed by atoms with van der Waals surface area (Å²) in [5, 5.41) is 0.0738. The fourth-order valence-corrected chi connectivity index (χ4v) is 1.15. The average Bonchev–Trinajstić information content (AvgIpc) is 2.03. The lowest BCUT2D eigenvalue weighted by Gasteiger charge is -2.08. The van der Waals surface area contributed by atoms with E-state index in [-0.39, 0.29) is 11.0 Å². The molecule has 0 bridgehead atoms. The van der Waals surface area contributed by atoms with Gasteiger partial charge in [-0.05, 0) is 0 Å². The minimum atomic E-state index is -4.37. The van der Waals surface area contributed by atoms with Gasteiger partial charge >= 0.3 is 6.18 Å². The normalized spacial score (nSPS) is 11.7. The van der Waals surface area contributed by atoms with E-state index in [1.807, 2.05) is 0 Å². The molecule has 12 heavy (non-hydrogen) atoms. The van der Waals surface area contributed by atoms with Gasteiger partial charge in [-0.1, -0.05) is 15.9 Å². The topological polar surface area (TPSA) is 25.8 Å². The molecule has 66 valence electrons. The van der Waals surface area contributed by atoms with Gasteiger partial charge in [0.15, 0.2) is 0 Å². The number of alkyl halides is 4. The summed E-state index contributed by atoms with van der Waals surface area (Å²) in [5.74, 6) is 0. The molecular weight excluding hydrogens is 237 g/mol. The lowest BCUT2D eigenvalue weighted by molar-refractivity contribution is -0.138. The van der Waals surface area contributed by atoms with Crippen LogP contribution in [-0.4, -0.2) is 9.97 Å². The molecule has 0 aliphatic heterocycles. The van der Waals surface area contributed by atoms with Crippen molar-refractivity contribution in [1.29, 1.82) is 0 Å². The highest BCUT2D eigenvalue weighted by Crippen LogP contribution is 2.30. The second-order valence-electron chi connectivity index (χ2n) is 2.01. The van der Waals surface area contributed by atoms with Crippen molar-refractivity contribution >= 4 is 15.9 Å². The second kappa shape index (κ2) is 3.38. The molecule has 0 saturated heterocycles. The third kappa shape index (κ3) is 1.94.